The number of pyridine rings is 1. The van der Waals surface area contributed by atoms with Crippen LogP contribution in [0, 0.1) is 0 Å². The Kier molecular flexibility index (Phi) is 6.01. The molecule has 29 heavy (non-hydrogen) atoms. The Labute approximate surface area is 168 Å². The fourth-order valence-electron chi connectivity index (χ4n) is 3.10. The first-order valence-electron chi connectivity index (χ1n) is 9.60. The molecule has 4 rings (SSSR count). The topological polar surface area (TPSA) is 101 Å². The summed E-state index contributed by atoms with van der Waals surface area (Å²) in [6, 6.07) is 13.2. The minimum Gasteiger partial charge on any atom is -0.490 e. The summed E-state index contributed by atoms with van der Waals surface area (Å²) in [6.07, 6.45) is 2.55. The summed E-state index contributed by atoms with van der Waals surface area (Å²) in [5.41, 5.74) is 3.33. The van der Waals surface area contributed by atoms with E-state index in [0.29, 0.717) is 37.9 Å². The molecule has 3 heterocycles. The minimum absolute atomic E-state index is 0.190. The van der Waals surface area contributed by atoms with Crippen LogP contribution in [0.4, 0.5) is 0 Å². The average Bonchev–Trinajstić information content (AvgIpc) is 3.21. The number of carbonyl (C=O) groups is 1. The summed E-state index contributed by atoms with van der Waals surface area (Å²) < 4.78 is 11.2. The van der Waals surface area contributed by atoms with Gasteiger partial charge >= 0.3 is 0 Å². The molecule has 0 radical (unpaired) electrons. The Balaban J connectivity index is 1.22. The van der Waals surface area contributed by atoms with Gasteiger partial charge in [-0.15, -0.1) is 0 Å². The molecule has 3 N–H and O–H groups in total. The Morgan fingerprint density at radius 3 is 2.79 bits per heavy atom. The van der Waals surface area contributed by atoms with Crippen LogP contribution in [0.25, 0.3) is 0 Å². The van der Waals surface area contributed by atoms with E-state index in [1.54, 1.807) is 12.3 Å². The molecule has 0 spiro atoms. The van der Waals surface area contributed by atoms with Gasteiger partial charge in [0.2, 0.25) is 5.88 Å². The van der Waals surface area contributed by atoms with Gasteiger partial charge in [-0.2, -0.15) is 5.10 Å². The molecule has 8 nitrogen and oxygen atoms in total. The van der Waals surface area contributed by atoms with Crippen LogP contribution in [0.2, 0.25) is 0 Å². The van der Waals surface area contributed by atoms with Crippen LogP contribution in [-0.2, 0) is 19.5 Å². The Morgan fingerprint density at radius 1 is 1.10 bits per heavy atom. The van der Waals surface area contributed by atoms with Gasteiger partial charge in [-0.05, 0) is 17.7 Å². The van der Waals surface area contributed by atoms with Crippen molar-refractivity contribution in [2.75, 3.05) is 19.8 Å². The standard InChI is InChI=1S/C21H23N5O3/c27-21(20-17-14-22-9-8-18(17)25-26-20)24-13-15-6-7-19(23-12-15)29-11-10-28-16-4-2-1-3-5-16/h1-7,12,22H,8-11,13-14H2,(H,24,27)(H,25,26). The van der Waals surface area contributed by atoms with Crippen molar-refractivity contribution in [1.29, 1.82) is 0 Å². The lowest BCUT2D eigenvalue weighted by molar-refractivity contribution is 0.0944. The molecule has 0 saturated carbocycles. The number of hydrogen-bond acceptors (Lipinski definition) is 6. The summed E-state index contributed by atoms with van der Waals surface area (Å²) in [5.74, 6) is 1.14. The van der Waals surface area contributed by atoms with E-state index in [9.17, 15) is 4.79 Å². The van der Waals surface area contributed by atoms with Gasteiger partial charge in [-0.3, -0.25) is 9.89 Å². The van der Waals surface area contributed by atoms with Crippen LogP contribution in [0.15, 0.2) is 48.7 Å². The van der Waals surface area contributed by atoms with Crippen LogP contribution in [0.3, 0.4) is 0 Å². The van der Waals surface area contributed by atoms with E-state index in [0.717, 1.165) is 35.5 Å². The van der Waals surface area contributed by atoms with Crippen LogP contribution in [0.5, 0.6) is 11.6 Å². The van der Waals surface area contributed by atoms with Crippen molar-refractivity contribution in [2.24, 2.45) is 0 Å². The van der Waals surface area contributed by atoms with Gasteiger partial charge in [0.15, 0.2) is 5.69 Å². The van der Waals surface area contributed by atoms with Crippen molar-refractivity contribution in [1.82, 2.24) is 25.8 Å². The van der Waals surface area contributed by atoms with E-state index in [1.165, 1.54) is 0 Å². The second-order valence-electron chi connectivity index (χ2n) is 6.65. The number of aromatic amines is 1. The fourth-order valence-corrected chi connectivity index (χ4v) is 3.10. The number of aromatic nitrogens is 3. The fraction of sp³-hybridized carbons (Fsp3) is 0.286. The van der Waals surface area contributed by atoms with Crippen molar-refractivity contribution in [2.45, 2.75) is 19.5 Å². The number of nitrogens with one attached hydrogen (secondary N) is 3. The van der Waals surface area contributed by atoms with Crippen LogP contribution < -0.4 is 20.1 Å². The third kappa shape index (κ3) is 4.91. The molecule has 0 bridgehead atoms. The number of carbonyl (C=O) groups excluding carboxylic acids is 1. The number of benzene rings is 1. The molecule has 0 aliphatic carbocycles. The third-order valence-corrected chi connectivity index (χ3v) is 4.62. The summed E-state index contributed by atoms with van der Waals surface area (Å²) in [6.45, 7) is 2.77. The van der Waals surface area contributed by atoms with Crippen LogP contribution in [-0.4, -0.2) is 40.8 Å². The predicted molar refractivity (Wildman–Crippen MR) is 107 cm³/mol. The molecule has 8 heteroatoms. The SMILES string of the molecule is O=C(NCc1ccc(OCCOc2ccccc2)nc1)c1n[nH]c2c1CNCC2. The molecule has 1 aliphatic rings. The molecule has 0 fully saturated rings. The second kappa shape index (κ2) is 9.20. The molecule has 0 saturated heterocycles. The lowest BCUT2D eigenvalue weighted by Crippen LogP contribution is -2.28. The molecule has 3 aromatic rings. The molecular weight excluding hydrogens is 370 g/mol. The van der Waals surface area contributed by atoms with Crippen LogP contribution >= 0.6 is 0 Å². The first kappa shape index (κ1) is 18.9. The van der Waals surface area contributed by atoms with E-state index < -0.39 is 0 Å². The number of ether oxygens (including phenoxy) is 2. The summed E-state index contributed by atoms with van der Waals surface area (Å²) in [4.78, 5) is 16.7. The zero-order chi connectivity index (χ0) is 19.9. The van der Waals surface area contributed by atoms with Crippen molar-refractivity contribution in [3.8, 4) is 11.6 Å². The number of amides is 1. The van der Waals surface area contributed by atoms with Gasteiger partial charge in [0, 0.05) is 49.6 Å². The van der Waals surface area contributed by atoms with E-state index in [-0.39, 0.29) is 5.91 Å². The average molecular weight is 393 g/mol. The monoisotopic (exact) mass is 393 g/mol. The van der Waals surface area contributed by atoms with Gasteiger partial charge in [-0.1, -0.05) is 24.3 Å². The summed E-state index contributed by atoms with van der Waals surface area (Å²) >= 11 is 0. The maximum absolute atomic E-state index is 12.4. The van der Waals surface area contributed by atoms with Gasteiger partial charge < -0.3 is 20.1 Å². The molecule has 2 aromatic heterocycles. The highest BCUT2D eigenvalue weighted by atomic mass is 16.5. The molecule has 1 aromatic carbocycles. The first-order chi connectivity index (χ1) is 14.3. The highest BCUT2D eigenvalue weighted by Crippen LogP contribution is 2.15. The highest BCUT2D eigenvalue weighted by molar-refractivity contribution is 5.94. The first-order valence-corrected chi connectivity index (χ1v) is 9.60. The maximum atomic E-state index is 12.4. The van der Waals surface area contributed by atoms with Gasteiger partial charge in [0.1, 0.15) is 19.0 Å². The van der Waals surface area contributed by atoms with E-state index in [4.69, 9.17) is 9.47 Å². The molecule has 0 atom stereocenters. The number of H-pyrrole nitrogens is 1. The molecule has 1 aliphatic heterocycles. The van der Waals surface area contributed by atoms with Crippen molar-refractivity contribution in [3.05, 3.63) is 71.2 Å². The zero-order valence-corrected chi connectivity index (χ0v) is 16.0. The summed E-state index contributed by atoms with van der Waals surface area (Å²) in [7, 11) is 0. The number of para-hydroxylation sites is 1. The Morgan fingerprint density at radius 2 is 1.97 bits per heavy atom. The predicted octanol–water partition coefficient (Wildman–Crippen LogP) is 1.84. The van der Waals surface area contributed by atoms with Crippen molar-refractivity contribution in [3.63, 3.8) is 0 Å². The smallest absolute Gasteiger partial charge is 0.272 e. The lowest BCUT2D eigenvalue weighted by Gasteiger charge is -2.13. The number of rotatable bonds is 8. The van der Waals surface area contributed by atoms with Crippen molar-refractivity contribution < 1.29 is 14.3 Å². The molecular formula is C21H23N5O3. The van der Waals surface area contributed by atoms with Crippen LogP contribution in [0.1, 0.15) is 27.3 Å². The minimum atomic E-state index is -0.190. The van der Waals surface area contributed by atoms with Gasteiger partial charge in [0.05, 0.1) is 0 Å². The zero-order valence-electron chi connectivity index (χ0n) is 16.0. The quantitative estimate of drug-likeness (QED) is 0.505. The number of nitrogens with zero attached hydrogens (tertiary/aromatic N) is 2. The number of hydrogen-bond donors (Lipinski definition) is 3. The normalized spacial score (nSPS) is 12.8. The molecule has 0 unspecified atom stereocenters. The largest absolute Gasteiger partial charge is 0.490 e. The van der Waals surface area contributed by atoms with E-state index in [2.05, 4.69) is 25.8 Å². The lowest BCUT2D eigenvalue weighted by atomic mass is 10.1. The second-order valence-corrected chi connectivity index (χ2v) is 6.65. The molecule has 1 amide bonds. The Bertz CT molecular complexity index is 941. The summed E-state index contributed by atoms with van der Waals surface area (Å²) in [5, 5.41) is 13.3. The third-order valence-electron chi connectivity index (χ3n) is 4.62. The van der Waals surface area contributed by atoms with Gasteiger partial charge in [-0.25, -0.2) is 4.98 Å². The maximum Gasteiger partial charge on any atom is 0.272 e. The van der Waals surface area contributed by atoms with Gasteiger partial charge in [0.25, 0.3) is 5.91 Å². The number of fused-ring (bicyclic) bond motifs is 1. The molecule has 150 valence electrons. The Hall–Kier alpha value is -3.39. The van der Waals surface area contributed by atoms with E-state index >= 15 is 0 Å². The van der Waals surface area contributed by atoms with Crippen molar-refractivity contribution >= 4 is 5.91 Å². The highest BCUT2D eigenvalue weighted by Gasteiger charge is 2.21. The van der Waals surface area contributed by atoms with E-state index in [1.807, 2.05) is 36.4 Å².